The molecule has 5 nitrogen and oxygen atoms in total. The normalized spacial score (nSPS) is 20.6. The molecule has 0 spiro atoms. The predicted octanol–water partition coefficient (Wildman–Crippen LogP) is 0.324. The van der Waals surface area contributed by atoms with Gasteiger partial charge in [-0.1, -0.05) is 12.1 Å². The second-order valence-corrected chi connectivity index (χ2v) is 3.76. The Labute approximate surface area is 93.1 Å². The van der Waals surface area contributed by atoms with E-state index in [0.29, 0.717) is 12.1 Å². The van der Waals surface area contributed by atoms with E-state index in [1.54, 1.807) is 12.1 Å². The number of phenols is 1. The second-order valence-electron chi connectivity index (χ2n) is 3.76. The van der Waals surface area contributed by atoms with Crippen LogP contribution in [-0.4, -0.2) is 35.8 Å². The molecule has 1 saturated heterocycles. The molecule has 5 heteroatoms. The summed E-state index contributed by atoms with van der Waals surface area (Å²) in [6.45, 7) is 2.38. The van der Waals surface area contributed by atoms with Gasteiger partial charge in [-0.05, 0) is 6.07 Å². The molecular weight excluding hydrogens is 208 g/mol. The first-order valence-corrected chi connectivity index (χ1v) is 5.19. The summed E-state index contributed by atoms with van der Waals surface area (Å²) in [5, 5.41) is 25.2. The SMILES string of the molecule is O=C(O)c1cccc(C2CNCCN2)c1O. The molecule has 1 heterocycles. The van der Waals surface area contributed by atoms with Crippen molar-refractivity contribution in [3.05, 3.63) is 29.3 Å². The van der Waals surface area contributed by atoms with Gasteiger partial charge in [0.25, 0.3) is 0 Å². The summed E-state index contributed by atoms with van der Waals surface area (Å²) >= 11 is 0. The van der Waals surface area contributed by atoms with Gasteiger partial charge in [0.1, 0.15) is 11.3 Å². The van der Waals surface area contributed by atoms with Crippen LogP contribution in [0.5, 0.6) is 5.75 Å². The first kappa shape index (κ1) is 10.9. The summed E-state index contributed by atoms with van der Waals surface area (Å²) < 4.78 is 0. The van der Waals surface area contributed by atoms with Crippen LogP contribution in [0.25, 0.3) is 0 Å². The lowest BCUT2D eigenvalue weighted by atomic mass is 10.0. The summed E-state index contributed by atoms with van der Waals surface area (Å²) in [5.41, 5.74) is 0.581. The first-order valence-electron chi connectivity index (χ1n) is 5.19. The number of aromatic carboxylic acids is 1. The van der Waals surface area contributed by atoms with E-state index in [0.717, 1.165) is 13.1 Å². The zero-order valence-electron chi connectivity index (χ0n) is 8.73. The standard InChI is InChI=1S/C11H14N2O3/c14-10-7(9-6-12-4-5-13-9)2-1-3-8(10)11(15)16/h1-3,9,12-14H,4-6H2,(H,15,16). The minimum Gasteiger partial charge on any atom is -0.507 e. The fourth-order valence-electron chi connectivity index (χ4n) is 1.89. The third kappa shape index (κ3) is 2.00. The monoisotopic (exact) mass is 222 g/mol. The van der Waals surface area contributed by atoms with Crippen molar-refractivity contribution in [3.63, 3.8) is 0 Å². The van der Waals surface area contributed by atoms with Gasteiger partial charge in [-0.2, -0.15) is 0 Å². The van der Waals surface area contributed by atoms with Gasteiger partial charge in [0.15, 0.2) is 0 Å². The molecule has 0 aliphatic carbocycles. The highest BCUT2D eigenvalue weighted by molar-refractivity contribution is 5.91. The molecule has 1 aliphatic heterocycles. The summed E-state index contributed by atoms with van der Waals surface area (Å²) in [7, 11) is 0. The number of aromatic hydroxyl groups is 1. The van der Waals surface area contributed by atoms with Crippen LogP contribution in [0.4, 0.5) is 0 Å². The number of rotatable bonds is 2. The number of benzene rings is 1. The molecule has 86 valence electrons. The van der Waals surface area contributed by atoms with Gasteiger partial charge in [-0.15, -0.1) is 0 Å². The third-order valence-electron chi connectivity index (χ3n) is 2.71. The quantitative estimate of drug-likeness (QED) is 0.579. The Morgan fingerprint density at radius 1 is 1.38 bits per heavy atom. The summed E-state index contributed by atoms with van der Waals surface area (Å²) in [5.74, 6) is -1.25. The van der Waals surface area contributed by atoms with Crippen molar-refractivity contribution < 1.29 is 15.0 Å². The molecule has 1 unspecified atom stereocenters. The van der Waals surface area contributed by atoms with E-state index in [1.807, 2.05) is 0 Å². The summed E-state index contributed by atoms with van der Waals surface area (Å²) in [4.78, 5) is 10.9. The number of piperazine rings is 1. The van der Waals surface area contributed by atoms with Crippen LogP contribution in [0.15, 0.2) is 18.2 Å². The van der Waals surface area contributed by atoms with E-state index >= 15 is 0 Å². The van der Waals surface area contributed by atoms with Crippen LogP contribution in [0.3, 0.4) is 0 Å². The second kappa shape index (κ2) is 4.51. The van der Waals surface area contributed by atoms with Gasteiger partial charge in [-0.25, -0.2) is 4.79 Å². The lowest BCUT2D eigenvalue weighted by Gasteiger charge is -2.25. The van der Waals surface area contributed by atoms with Crippen molar-refractivity contribution in [2.24, 2.45) is 0 Å². The molecule has 0 saturated carbocycles. The van der Waals surface area contributed by atoms with Gasteiger partial charge in [-0.3, -0.25) is 0 Å². The maximum absolute atomic E-state index is 10.9. The molecule has 2 rings (SSSR count). The molecular formula is C11H14N2O3. The third-order valence-corrected chi connectivity index (χ3v) is 2.71. The summed E-state index contributed by atoms with van der Waals surface area (Å²) in [6, 6.07) is 4.76. The molecule has 0 bridgehead atoms. The Bertz CT molecular complexity index is 400. The Balaban J connectivity index is 2.33. The maximum Gasteiger partial charge on any atom is 0.339 e. The average molecular weight is 222 g/mol. The lowest BCUT2D eigenvalue weighted by molar-refractivity contribution is 0.0693. The minimum absolute atomic E-state index is 0.0342. The van der Waals surface area contributed by atoms with E-state index in [4.69, 9.17) is 5.11 Å². The molecule has 0 radical (unpaired) electrons. The lowest BCUT2D eigenvalue weighted by Crippen LogP contribution is -2.42. The molecule has 1 aliphatic rings. The van der Waals surface area contributed by atoms with Gasteiger partial charge >= 0.3 is 5.97 Å². The number of carboxylic acids is 1. The Morgan fingerprint density at radius 2 is 2.19 bits per heavy atom. The van der Waals surface area contributed by atoms with Gasteiger partial charge in [0.05, 0.1) is 0 Å². The number of nitrogens with one attached hydrogen (secondary N) is 2. The maximum atomic E-state index is 10.9. The number of carbonyl (C=O) groups is 1. The molecule has 0 aromatic heterocycles. The van der Waals surface area contributed by atoms with E-state index in [2.05, 4.69) is 10.6 Å². The van der Waals surface area contributed by atoms with Gasteiger partial charge < -0.3 is 20.8 Å². The number of hydrogen-bond acceptors (Lipinski definition) is 4. The fourth-order valence-corrected chi connectivity index (χ4v) is 1.89. The highest BCUT2D eigenvalue weighted by atomic mass is 16.4. The van der Waals surface area contributed by atoms with Crippen LogP contribution in [0.1, 0.15) is 22.0 Å². The van der Waals surface area contributed by atoms with Crippen molar-refractivity contribution in [2.45, 2.75) is 6.04 Å². The fraction of sp³-hybridized carbons (Fsp3) is 0.364. The van der Waals surface area contributed by atoms with Gasteiger partial charge in [0, 0.05) is 31.2 Å². The molecule has 0 amide bonds. The molecule has 1 aromatic carbocycles. The zero-order valence-corrected chi connectivity index (χ0v) is 8.73. The number of carboxylic acid groups (broad SMARTS) is 1. The Hall–Kier alpha value is -1.59. The van der Waals surface area contributed by atoms with Crippen molar-refractivity contribution in [1.82, 2.24) is 10.6 Å². The highest BCUT2D eigenvalue weighted by Gasteiger charge is 2.21. The molecule has 4 N–H and O–H groups in total. The van der Waals surface area contributed by atoms with Gasteiger partial charge in [0.2, 0.25) is 0 Å². The number of para-hydroxylation sites is 1. The van der Waals surface area contributed by atoms with Crippen LogP contribution < -0.4 is 10.6 Å². The van der Waals surface area contributed by atoms with Crippen molar-refractivity contribution in [1.29, 1.82) is 0 Å². The summed E-state index contributed by atoms with van der Waals surface area (Å²) in [6.07, 6.45) is 0. The topological polar surface area (TPSA) is 81.6 Å². The highest BCUT2D eigenvalue weighted by Crippen LogP contribution is 2.28. The average Bonchev–Trinajstić information content (AvgIpc) is 2.30. The molecule has 1 fully saturated rings. The van der Waals surface area contributed by atoms with Crippen molar-refractivity contribution >= 4 is 5.97 Å². The molecule has 16 heavy (non-hydrogen) atoms. The van der Waals surface area contributed by atoms with Crippen molar-refractivity contribution in [3.8, 4) is 5.75 Å². The largest absolute Gasteiger partial charge is 0.507 e. The predicted molar refractivity (Wildman–Crippen MR) is 58.7 cm³/mol. The minimum atomic E-state index is -1.11. The van der Waals surface area contributed by atoms with Crippen LogP contribution in [0, 0.1) is 0 Å². The number of hydrogen-bond donors (Lipinski definition) is 4. The van der Waals surface area contributed by atoms with Crippen molar-refractivity contribution in [2.75, 3.05) is 19.6 Å². The molecule has 1 aromatic rings. The van der Waals surface area contributed by atoms with E-state index in [9.17, 15) is 9.90 Å². The Morgan fingerprint density at radius 3 is 2.81 bits per heavy atom. The van der Waals surface area contributed by atoms with E-state index in [-0.39, 0.29) is 17.4 Å². The first-order chi connectivity index (χ1) is 7.70. The van der Waals surface area contributed by atoms with E-state index in [1.165, 1.54) is 6.07 Å². The molecule has 1 atom stereocenters. The Kier molecular flexibility index (Phi) is 3.07. The van der Waals surface area contributed by atoms with Crippen LogP contribution >= 0.6 is 0 Å². The van der Waals surface area contributed by atoms with Crippen LogP contribution in [0.2, 0.25) is 0 Å². The van der Waals surface area contributed by atoms with E-state index < -0.39 is 5.97 Å². The zero-order chi connectivity index (χ0) is 11.5. The van der Waals surface area contributed by atoms with Crippen LogP contribution in [-0.2, 0) is 0 Å². The smallest absolute Gasteiger partial charge is 0.339 e.